The summed E-state index contributed by atoms with van der Waals surface area (Å²) >= 11 is 0. The van der Waals surface area contributed by atoms with Gasteiger partial charge < -0.3 is 0 Å². The molecule has 2 unspecified atom stereocenters. The van der Waals surface area contributed by atoms with Crippen molar-refractivity contribution in [1.82, 2.24) is 0 Å². The number of hydrogen-bond donors (Lipinski definition) is 0. The first kappa shape index (κ1) is 13.0. The normalized spacial score (nSPS) is 15.7. The highest BCUT2D eigenvalue weighted by Crippen LogP contribution is 2.24. The fourth-order valence-electron chi connectivity index (χ4n) is 1.90. The van der Waals surface area contributed by atoms with E-state index in [1.165, 1.54) is 38.5 Å². The number of rotatable bonds is 8. The molecule has 2 atom stereocenters. The van der Waals surface area contributed by atoms with Crippen LogP contribution in [0.5, 0.6) is 0 Å². The molecule has 0 aromatic rings. The maximum Gasteiger partial charge on any atom is -0.0412 e. The van der Waals surface area contributed by atoms with Crippen molar-refractivity contribution in [3.63, 3.8) is 0 Å². The molecule has 0 aromatic carbocycles. The molecule has 0 aliphatic carbocycles. The Hall–Kier alpha value is 0. The molecule has 0 aromatic heterocycles. The molecule has 0 N–H and O–H groups in total. The van der Waals surface area contributed by atoms with Crippen molar-refractivity contribution in [3.05, 3.63) is 6.92 Å². The molecular formula is C13H27. The lowest BCUT2D eigenvalue weighted by molar-refractivity contribution is 0.338. The number of unbranched alkanes of at least 4 members (excludes halogenated alkanes) is 1. The predicted molar refractivity (Wildman–Crippen MR) is 61.7 cm³/mol. The molecule has 0 bridgehead atoms. The fraction of sp³-hybridized carbons (Fsp3) is 0.923. The Kier molecular flexibility index (Phi) is 8.59. The molecule has 0 aliphatic rings. The summed E-state index contributed by atoms with van der Waals surface area (Å²) in [6.07, 6.45) is 9.38. The minimum absolute atomic E-state index is 0.911. The Morgan fingerprint density at radius 2 is 1.85 bits per heavy atom. The highest BCUT2D eigenvalue weighted by Gasteiger charge is 2.10. The van der Waals surface area contributed by atoms with Crippen LogP contribution >= 0.6 is 0 Å². The van der Waals surface area contributed by atoms with E-state index in [9.17, 15) is 0 Å². The molecule has 0 heteroatoms. The molecular weight excluding hydrogens is 156 g/mol. The van der Waals surface area contributed by atoms with E-state index in [4.69, 9.17) is 0 Å². The molecule has 0 amide bonds. The second kappa shape index (κ2) is 8.59. The van der Waals surface area contributed by atoms with Crippen molar-refractivity contribution < 1.29 is 0 Å². The molecule has 79 valence electrons. The van der Waals surface area contributed by atoms with Gasteiger partial charge in [0, 0.05) is 0 Å². The van der Waals surface area contributed by atoms with Crippen LogP contribution in [-0.2, 0) is 0 Å². The van der Waals surface area contributed by atoms with Gasteiger partial charge in [-0.25, -0.2) is 0 Å². The molecule has 0 spiro atoms. The third-order valence-corrected chi connectivity index (χ3v) is 3.01. The molecule has 0 saturated carbocycles. The third-order valence-electron chi connectivity index (χ3n) is 3.01. The Morgan fingerprint density at radius 1 is 1.15 bits per heavy atom. The first-order valence-corrected chi connectivity index (χ1v) is 6.03. The van der Waals surface area contributed by atoms with E-state index >= 15 is 0 Å². The minimum Gasteiger partial charge on any atom is -0.0654 e. The van der Waals surface area contributed by atoms with Crippen molar-refractivity contribution >= 4 is 0 Å². The zero-order chi connectivity index (χ0) is 10.1. The first-order valence-electron chi connectivity index (χ1n) is 6.03. The van der Waals surface area contributed by atoms with Crippen LogP contribution < -0.4 is 0 Å². The maximum absolute atomic E-state index is 3.97. The summed E-state index contributed by atoms with van der Waals surface area (Å²) in [7, 11) is 0. The van der Waals surface area contributed by atoms with Gasteiger partial charge in [0.25, 0.3) is 0 Å². The van der Waals surface area contributed by atoms with E-state index in [1.54, 1.807) is 0 Å². The van der Waals surface area contributed by atoms with Gasteiger partial charge in [0.15, 0.2) is 0 Å². The smallest absolute Gasteiger partial charge is 0.0412 e. The van der Waals surface area contributed by atoms with Gasteiger partial charge in [0.2, 0.25) is 0 Å². The summed E-state index contributed by atoms with van der Waals surface area (Å²) in [6, 6.07) is 0. The van der Waals surface area contributed by atoms with Crippen molar-refractivity contribution in [2.75, 3.05) is 0 Å². The second-order valence-corrected chi connectivity index (χ2v) is 4.40. The average molecular weight is 183 g/mol. The van der Waals surface area contributed by atoms with E-state index in [-0.39, 0.29) is 0 Å². The van der Waals surface area contributed by atoms with Crippen LogP contribution in [-0.4, -0.2) is 0 Å². The Bertz CT molecular complexity index is 96.2. The lowest BCUT2D eigenvalue weighted by atomic mass is 9.87. The zero-order valence-electron chi connectivity index (χ0n) is 9.81. The van der Waals surface area contributed by atoms with Crippen molar-refractivity contribution in [2.45, 2.75) is 65.7 Å². The van der Waals surface area contributed by atoms with E-state index in [2.05, 4.69) is 27.7 Å². The molecule has 0 fully saturated rings. The molecule has 0 heterocycles. The zero-order valence-corrected chi connectivity index (χ0v) is 9.81. The van der Waals surface area contributed by atoms with Crippen molar-refractivity contribution in [3.8, 4) is 0 Å². The summed E-state index contributed by atoms with van der Waals surface area (Å²) < 4.78 is 0. The monoisotopic (exact) mass is 183 g/mol. The summed E-state index contributed by atoms with van der Waals surface area (Å²) in [5, 5.41) is 0. The predicted octanol–water partition coefficient (Wildman–Crippen LogP) is 4.84. The van der Waals surface area contributed by atoms with E-state index in [0.29, 0.717) is 0 Å². The topological polar surface area (TPSA) is 0 Å². The van der Waals surface area contributed by atoms with Crippen molar-refractivity contribution in [1.29, 1.82) is 0 Å². The largest absolute Gasteiger partial charge is 0.0654 e. The Labute approximate surface area is 85.1 Å². The highest BCUT2D eigenvalue weighted by atomic mass is 14.2. The Balaban J connectivity index is 3.65. The van der Waals surface area contributed by atoms with E-state index < -0.39 is 0 Å². The minimum atomic E-state index is 0.911. The van der Waals surface area contributed by atoms with Gasteiger partial charge >= 0.3 is 0 Å². The maximum atomic E-state index is 3.97. The summed E-state index contributed by atoms with van der Waals surface area (Å²) in [5.41, 5.74) is 0. The Morgan fingerprint density at radius 3 is 2.31 bits per heavy atom. The van der Waals surface area contributed by atoms with Crippen LogP contribution in [0.3, 0.4) is 0 Å². The van der Waals surface area contributed by atoms with Crippen molar-refractivity contribution in [2.24, 2.45) is 11.8 Å². The third kappa shape index (κ3) is 7.10. The van der Waals surface area contributed by atoms with Crippen LogP contribution in [0, 0.1) is 18.8 Å². The summed E-state index contributed by atoms with van der Waals surface area (Å²) in [4.78, 5) is 0. The van der Waals surface area contributed by atoms with Gasteiger partial charge in [0.05, 0.1) is 0 Å². The molecule has 0 saturated heterocycles. The van der Waals surface area contributed by atoms with Gasteiger partial charge in [-0.05, 0) is 18.3 Å². The quantitative estimate of drug-likeness (QED) is 0.505. The van der Waals surface area contributed by atoms with E-state index in [0.717, 1.165) is 18.3 Å². The van der Waals surface area contributed by atoms with Gasteiger partial charge in [0.1, 0.15) is 0 Å². The summed E-state index contributed by atoms with van der Waals surface area (Å²) in [5.74, 6) is 1.86. The van der Waals surface area contributed by atoms with Crippen LogP contribution in [0.4, 0.5) is 0 Å². The van der Waals surface area contributed by atoms with Crippen LogP contribution in [0.1, 0.15) is 65.7 Å². The van der Waals surface area contributed by atoms with Crippen LogP contribution in [0.2, 0.25) is 0 Å². The first-order chi connectivity index (χ1) is 6.24. The highest BCUT2D eigenvalue weighted by molar-refractivity contribution is 4.64. The molecule has 1 radical (unpaired) electrons. The molecule has 13 heavy (non-hydrogen) atoms. The number of hydrogen-bond acceptors (Lipinski definition) is 0. The van der Waals surface area contributed by atoms with Crippen LogP contribution in [0.15, 0.2) is 0 Å². The second-order valence-electron chi connectivity index (χ2n) is 4.40. The average Bonchev–Trinajstić information content (AvgIpc) is 2.14. The van der Waals surface area contributed by atoms with Gasteiger partial charge in [-0.1, -0.05) is 66.2 Å². The lowest BCUT2D eigenvalue weighted by Crippen LogP contribution is -2.06. The summed E-state index contributed by atoms with van der Waals surface area (Å²) in [6.45, 7) is 10.9. The molecule has 0 nitrogen and oxygen atoms in total. The lowest BCUT2D eigenvalue weighted by Gasteiger charge is -2.19. The SMILES string of the molecule is [CH2]CCC(CCCC)CC(C)CC. The van der Waals surface area contributed by atoms with Gasteiger partial charge in [-0.15, -0.1) is 0 Å². The van der Waals surface area contributed by atoms with Crippen LogP contribution in [0.25, 0.3) is 0 Å². The standard InChI is InChI=1S/C13H27/c1-5-8-10-13(9-6-2)11-12(4)7-3/h12-13H,2,5-11H2,1,3-4H3. The van der Waals surface area contributed by atoms with E-state index in [1.807, 2.05) is 0 Å². The van der Waals surface area contributed by atoms with Gasteiger partial charge in [-0.3, -0.25) is 0 Å². The molecule has 0 aliphatic heterocycles. The van der Waals surface area contributed by atoms with Gasteiger partial charge in [-0.2, -0.15) is 0 Å². The molecule has 0 rings (SSSR count). The fourth-order valence-corrected chi connectivity index (χ4v) is 1.90.